The second-order valence-electron chi connectivity index (χ2n) is 5.76. The van der Waals surface area contributed by atoms with E-state index in [0.29, 0.717) is 11.6 Å². The molecule has 1 aliphatic rings. The summed E-state index contributed by atoms with van der Waals surface area (Å²) in [5, 5.41) is 13.9. The summed E-state index contributed by atoms with van der Waals surface area (Å²) in [4.78, 5) is 12.1. The average molecular weight is 314 g/mol. The molecular formula is C17H19FN4O. The van der Waals surface area contributed by atoms with Crippen molar-refractivity contribution in [3.05, 3.63) is 42.2 Å². The van der Waals surface area contributed by atoms with Crippen molar-refractivity contribution in [1.29, 1.82) is 0 Å². The molecule has 1 aliphatic carbocycles. The molecule has 1 aromatic heterocycles. The fourth-order valence-electron chi connectivity index (χ4n) is 2.74. The number of aromatic nitrogens is 2. The molecule has 1 heterocycles. The van der Waals surface area contributed by atoms with Gasteiger partial charge >= 0.3 is 0 Å². The highest BCUT2D eigenvalue weighted by molar-refractivity contribution is 5.91. The van der Waals surface area contributed by atoms with Gasteiger partial charge < -0.3 is 10.6 Å². The van der Waals surface area contributed by atoms with Gasteiger partial charge in [-0.2, -0.15) is 0 Å². The third-order valence-corrected chi connectivity index (χ3v) is 4.01. The molecule has 0 bridgehead atoms. The normalized spacial score (nSPS) is 15.2. The lowest BCUT2D eigenvalue weighted by molar-refractivity contribution is -0.120. The lowest BCUT2D eigenvalue weighted by atomic mass is 9.89. The predicted octanol–water partition coefficient (Wildman–Crippen LogP) is 3.88. The monoisotopic (exact) mass is 314 g/mol. The zero-order valence-electron chi connectivity index (χ0n) is 12.8. The Hall–Kier alpha value is -2.50. The number of carbonyl (C=O) groups is 1. The number of benzene rings is 1. The van der Waals surface area contributed by atoms with E-state index in [-0.39, 0.29) is 17.6 Å². The molecule has 0 aliphatic heterocycles. The van der Waals surface area contributed by atoms with Crippen molar-refractivity contribution in [3.63, 3.8) is 0 Å². The Kier molecular flexibility index (Phi) is 4.80. The molecule has 0 saturated heterocycles. The van der Waals surface area contributed by atoms with E-state index < -0.39 is 0 Å². The number of amides is 1. The van der Waals surface area contributed by atoms with E-state index in [4.69, 9.17) is 0 Å². The van der Waals surface area contributed by atoms with Crippen LogP contribution in [0.4, 0.5) is 21.7 Å². The largest absolute Gasteiger partial charge is 0.339 e. The van der Waals surface area contributed by atoms with E-state index in [1.54, 1.807) is 24.3 Å². The van der Waals surface area contributed by atoms with Crippen LogP contribution >= 0.6 is 0 Å². The maximum absolute atomic E-state index is 12.9. The van der Waals surface area contributed by atoms with E-state index in [9.17, 15) is 9.18 Å². The summed E-state index contributed by atoms with van der Waals surface area (Å²) in [7, 11) is 0. The van der Waals surface area contributed by atoms with Crippen LogP contribution in [0.5, 0.6) is 0 Å². The van der Waals surface area contributed by atoms with Crippen LogP contribution in [0, 0.1) is 11.7 Å². The SMILES string of the molecule is O=C(Nc1ccc(Nc2ccc(F)cc2)nn1)C1CCCCC1. The highest BCUT2D eigenvalue weighted by atomic mass is 19.1. The molecule has 0 unspecified atom stereocenters. The number of rotatable bonds is 4. The first-order valence-electron chi connectivity index (χ1n) is 7.88. The van der Waals surface area contributed by atoms with E-state index in [2.05, 4.69) is 20.8 Å². The Morgan fingerprint density at radius 3 is 2.26 bits per heavy atom. The molecular weight excluding hydrogens is 295 g/mol. The topological polar surface area (TPSA) is 66.9 Å². The molecule has 0 atom stereocenters. The molecule has 1 fully saturated rings. The van der Waals surface area contributed by atoms with Crippen LogP contribution in [0.2, 0.25) is 0 Å². The van der Waals surface area contributed by atoms with Gasteiger partial charge in [-0.1, -0.05) is 19.3 Å². The van der Waals surface area contributed by atoms with Crippen LogP contribution in [-0.2, 0) is 4.79 Å². The second-order valence-corrected chi connectivity index (χ2v) is 5.76. The third kappa shape index (κ3) is 4.25. The van der Waals surface area contributed by atoms with Crippen LogP contribution in [0.3, 0.4) is 0 Å². The van der Waals surface area contributed by atoms with Crippen LogP contribution in [-0.4, -0.2) is 16.1 Å². The van der Waals surface area contributed by atoms with Crippen molar-refractivity contribution in [2.75, 3.05) is 10.6 Å². The van der Waals surface area contributed by atoms with Gasteiger partial charge in [-0.05, 0) is 49.2 Å². The first kappa shape index (κ1) is 15.4. The Labute approximate surface area is 134 Å². The minimum absolute atomic E-state index is 0.0262. The van der Waals surface area contributed by atoms with Gasteiger partial charge in [0.15, 0.2) is 11.6 Å². The van der Waals surface area contributed by atoms with Crippen molar-refractivity contribution in [3.8, 4) is 0 Å². The van der Waals surface area contributed by atoms with Crippen LogP contribution in [0.1, 0.15) is 32.1 Å². The maximum atomic E-state index is 12.9. The van der Waals surface area contributed by atoms with Gasteiger partial charge in [0.05, 0.1) is 0 Å². The summed E-state index contributed by atoms with van der Waals surface area (Å²) >= 11 is 0. The Balaban J connectivity index is 1.58. The Morgan fingerprint density at radius 2 is 1.61 bits per heavy atom. The first-order valence-corrected chi connectivity index (χ1v) is 7.88. The molecule has 5 nitrogen and oxygen atoms in total. The lowest BCUT2D eigenvalue weighted by Gasteiger charge is -2.20. The number of hydrogen-bond acceptors (Lipinski definition) is 4. The second kappa shape index (κ2) is 7.17. The average Bonchev–Trinajstić information content (AvgIpc) is 2.59. The minimum atomic E-state index is -0.289. The van der Waals surface area contributed by atoms with Gasteiger partial charge in [0.25, 0.3) is 0 Å². The summed E-state index contributed by atoms with van der Waals surface area (Å²) in [5.41, 5.74) is 0.722. The van der Waals surface area contributed by atoms with Crippen LogP contribution < -0.4 is 10.6 Å². The fourth-order valence-corrected chi connectivity index (χ4v) is 2.74. The summed E-state index contributed by atoms with van der Waals surface area (Å²) in [5.74, 6) is 0.806. The van der Waals surface area contributed by atoms with Crippen molar-refractivity contribution >= 4 is 23.2 Å². The summed E-state index contributed by atoms with van der Waals surface area (Å²) < 4.78 is 12.9. The van der Waals surface area contributed by atoms with Crippen molar-refractivity contribution in [1.82, 2.24) is 10.2 Å². The number of nitrogens with zero attached hydrogens (tertiary/aromatic N) is 2. The molecule has 3 rings (SSSR count). The van der Waals surface area contributed by atoms with Crippen molar-refractivity contribution in [2.45, 2.75) is 32.1 Å². The van der Waals surface area contributed by atoms with E-state index in [0.717, 1.165) is 31.4 Å². The summed E-state index contributed by atoms with van der Waals surface area (Å²) in [6.45, 7) is 0. The number of nitrogens with one attached hydrogen (secondary N) is 2. The number of carbonyl (C=O) groups excluding carboxylic acids is 1. The molecule has 0 spiro atoms. The highest BCUT2D eigenvalue weighted by Gasteiger charge is 2.21. The number of anilines is 3. The van der Waals surface area contributed by atoms with Gasteiger partial charge in [0.1, 0.15) is 5.82 Å². The molecule has 1 saturated carbocycles. The van der Waals surface area contributed by atoms with E-state index in [1.165, 1.54) is 18.6 Å². The van der Waals surface area contributed by atoms with Crippen LogP contribution in [0.25, 0.3) is 0 Å². The van der Waals surface area contributed by atoms with Gasteiger partial charge in [-0.25, -0.2) is 4.39 Å². The molecule has 23 heavy (non-hydrogen) atoms. The predicted molar refractivity (Wildman–Crippen MR) is 86.9 cm³/mol. The molecule has 2 N–H and O–H groups in total. The Bertz CT molecular complexity index is 651. The smallest absolute Gasteiger partial charge is 0.228 e. The van der Waals surface area contributed by atoms with E-state index in [1.807, 2.05) is 0 Å². The number of halogens is 1. The van der Waals surface area contributed by atoms with Gasteiger partial charge in [-0.3, -0.25) is 4.79 Å². The van der Waals surface area contributed by atoms with Crippen molar-refractivity contribution < 1.29 is 9.18 Å². The van der Waals surface area contributed by atoms with Crippen molar-refractivity contribution in [2.24, 2.45) is 5.92 Å². The van der Waals surface area contributed by atoms with Gasteiger partial charge in [-0.15, -0.1) is 10.2 Å². The molecule has 1 amide bonds. The molecule has 120 valence electrons. The summed E-state index contributed by atoms with van der Waals surface area (Å²) in [6, 6.07) is 9.42. The van der Waals surface area contributed by atoms with Gasteiger partial charge in [0.2, 0.25) is 5.91 Å². The summed E-state index contributed by atoms with van der Waals surface area (Å²) in [6.07, 6.45) is 5.34. The van der Waals surface area contributed by atoms with Gasteiger partial charge in [0, 0.05) is 11.6 Å². The zero-order chi connectivity index (χ0) is 16.1. The number of hydrogen-bond donors (Lipinski definition) is 2. The molecule has 2 aromatic rings. The molecule has 1 aromatic carbocycles. The maximum Gasteiger partial charge on any atom is 0.228 e. The highest BCUT2D eigenvalue weighted by Crippen LogP contribution is 2.24. The Morgan fingerprint density at radius 1 is 0.957 bits per heavy atom. The van der Waals surface area contributed by atoms with Crippen LogP contribution in [0.15, 0.2) is 36.4 Å². The molecule has 0 radical (unpaired) electrons. The lowest BCUT2D eigenvalue weighted by Crippen LogP contribution is -2.25. The van der Waals surface area contributed by atoms with E-state index >= 15 is 0 Å². The first-order chi connectivity index (χ1) is 11.2. The zero-order valence-corrected chi connectivity index (χ0v) is 12.8. The quantitative estimate of drug-likeness (QED) is 0.899. The third-order valence-electron chi connectivity index (χ3n) is 4.01. The fraction of sp³-hybridized carbons (Fsp3) is 0.353. The minimum Gasteiger partial charge on any atom is -0.339 e. The molecule has 6 heteroatoms. The standard InChI is InChI=1S/C17H19FN4O/c18-13-6-8-14(9-7-13)19-15-10-11-16(22-21-15)20-17(23)12-4-2-1-3-5-12/h6-12H,1-5H2,(H,19,21)(H,20,22,23).